The van der Waals surface area contributed by atoms with Crippen molar-refractivity contribution in [3.8, 4) is 11.5 Å². The highest BCUT2D eigenvalue weighted by atomic mass is 32.2. The van der Waals surface area contributed by atoms with E-state index in [1.807, 2.05) is 0 Å². The molecule has 0 atom stereocenters. The van der Waals surface area contributed by atoms with E-state index < -0.39 is 21.5 Å². The third-order valence-electron chi connectivity index (χ3n) is 6.37. The van der Waals surface area contributed by atoms with Gasteiger partial charge in [0.1, 0.15) is 18.8 Å². The molecule has 3 aliphatic rings. The predicted octanol–water partition coefficient (Wildman–Crippen LogP) is 1.46. The summed E-state index contributed by atoms with van der Waals surface area (Å²) in [5, 5.41) is 2.92. The van der Waals surface area contributed by atoms with Gasteiger partial charge < -0.3 is 19.5 Å². The first-order chi connectivity index (χ1) is 14.9. The van der Waals surface area contributed by atoms with Gasteiger partial charge >= 0.3 is 5.97 Å². The average molecular weight is 453 g/mol. The summed E-state index contributed by atoms with van der Waals surface area (Å²) >= 11 is 0. The third-order valence-corrected chi connectivity index (χ3v) is 8.27. The van der Waals surface area contributed by atoms with E-state index in [4.69, 9.17) is 14.2 Å². The minimum absolute atomic E-state index is 0.148. The van der Waals surface area contributed by atoms with Crippen LogP contribution in [0.1, 0.15) is 38.5 Å². The highest BCUT2D eigenvalue weighted by Crippen LogP contribution is 2.35. The molecule has 0 bridgehead atoms. The largest absolute Gasteiger partial charge is 0.486 e. The summed E-state index contributed by atoms with van der Waals surface area (Å²) < 4.78 is 43.4. The Kier molecular flexibility index (Phi) is 6.11. The molecule has 4 rings (SSSR count). The van der Waals surface area contributed by atoms with Crippen molar-refractivity contribution in [2.45, 2.75) is 49.0 Å². The number of piperidine rings is 1. The van der Waals surface area contributed by atoms with Gasteiger partial charge in [0.2, 0.25) is 15.9 Å². The number of carbonyl (C=O) groups is 2. The lowest BCUT2D eigenvalue weighted by Gasteiger charge is -2.33. The number of hydrogen-bond acceptors (Lipinski definition) is 7. The van der Waals surface area contributed by atoms with Gasteiger partial charge in [0.25, 0.3) is 0 Å². The Morgan fingerprint density at radius 2 is 1.74 bits per heavy atom. The van der Waals surface area contributed by atoms with Gasteiger partial charge in [-0.15, -0.1) is 0 Å². The van der Waals surface area contributed by atoms with E-state index in [0.717, 1.165) is 12.8 Å². The molecule has 170 valence electrons. The number of ether oxygens (including phenoxy) is 3. The molecule has 0 aromatic heterocycles. The Labute approximate surface area is 182 Å². The second-order valence-electron chi connectivity index (χ2n) is 8.25. The van der Waals surface area contributed by atoms with E-state index in [9.17, 15) is 18.0 Å². The molecule has 0 unspecified atom stereocenters. The van der Waals surface area contributed by atoms with Crippen molar-refractivity contribution in [2.75, 3.05) is 33.4 Å². The second-order valence-corrected chi connectivity index (χ2v) is 10.2. The van der Waals surface area contributed by atoms with Crippen LogP contribution in [0, 0.1) is 5.92 Å². The molecule has 2 fully saturated rings. The maximum Gasteiger partial charge on any atom is 0.331 e. The molecule has 1 amide bonds. The van der Waals surface area contributed by atoms with Crippen LogP contribution in [-0.2, 0) is 24.3 Å². The molecule has 1 saturated heterocycles. The highest BCUT2D eigenvalue weighted by Gasteiger charge is 2.45. The molecule has 1 aromatic carbocycles. The number of nitrogens with zero attached hydrogens (tertiary/aromatic N) is 1. The summed E-state index contributed by atoms with van der Waals surface area (Å²) in [6.07, 6.45) is 3.66. The zero-order valence-corrected chi connectivity index (χ0v) is 18.4. The van der Waals surface area contributed by atoms with Crippen molar-refractivity contribution < 1.29 is 32.2 Å². The number of nitrogens with one attached hydrogen (secondary N) is 1. The van der Waals surface area contributed by atoms with Crippen LogP contribution < -0.4 is 14.8 Å². The van der Waals surface area contributed by atoms with Gasteiger partial charge in [0.15, 0.2) is 11.5 Å². The number of rotatable bonds is 5. The fraction of sp³-hybridized carbons (Fsp3) is 0.619. The van der Waals surface area contributed by atoms with Crippen molar-refractivity contribution in [3.63, 3.8) is 0 Å². The van der Waals surface area contributed by atoms with Gasteiger partial charge in [-0.1, -0.05) is 12.8 Å². The Hall–Kier alpha value is -2.33. The Morgan fingerprint density at radius 3 is 2.39 bits per heavy atom. The molecule has 2 heterocycles. The van der Waals surface area contributed by atoms with Gasteiger partial charge in [-0.3, -0.25) is 4.79 Å². The monoisotopic (exact) mass is 452 g/mol. The number of carbonyl (C=O) groups excluding carboxylic acids is 2. The summed E-state index contributed by atoms with van der Waals surface area (Å²) in [6, 6.07) is 4.61. The van der Waals surface area contributed by atoms with Crippen LogP contribution in [-0.4, -0.2) is 63.6 Å². The molecule has 31 heavy (non-hydrogen) atoms. The number of methoxy groups -OCH3 is 1. The fourth-order valence-corrected chi connectivity index (χ4v) is 6.07. The Morgan fingerprint density at radius 1 is 1.10 bits per heavy atom. The molecule has 0 radical (unpaired) electrons. The highest BCUT2D eigenvalue weighted by molar-refractivity contribution is 7.89. The van der Waals surface area contributed by atoms with E-state index in [1.165, 1.54) is 23.5 Å². The van der Waals surface area contributed by atoms with Crippen LogP contribution >= 0.6 is 0 Å². The first kappa shape index (κ1) is 21.9. The van der Waals surface area contributed by atoms with Crippen LogP contribution in [0.3, 0.4) is 0 Å². The molecular formula is C21H28N2O7S. The molecule has 1 aromatic rings. The van der Waals surface area contributed by atoms with Crippen molar-refractivity contribution in [3.05, 3.63) is 18.2 Å². The first-order valence-electron chi connectivity index (χ1n) is 10.7. The molecule has 1 aliphatic carbocycles. The first-order valence-corrected chi connectivity index (χ1v) is 12.1. The summed E-state index contributed by atoms with van der Waals surface area (Å²) in [5.74, 6) is 0.00721. The van der Waals surface area contributed by atoms with Crippen LogP contribution in [0.15, 0.2) is 23.1 Å². The van der Waals surface area contributed by atoms with Gasteiger partial charge in [-0.2, -0.15) is 4.31 Å². The van der Waals surface area contributed by atoms with Gasteiger partial charge in [0.05, 0.1) is 12.0 Å². The van der Waals surface area contributed by atoms with E-state index in [0.29, 0.717) is 50.4 Å². The van der Waals surface area contributed by atoms with E-state index >= 15 is 0 Å². The number of benzene rings is 1. The maximum atomic E-state index is 13.1. The third kappa shape index (κ3) is 4.23. The standard InChI is InChI=1S/C21H28N2O7S/c1-28-20(25)21(8-2-3-9-21)22-19(24)15-6-10-23(11-7-15)31(26,27)16-4-5-17-18(14-16)30-13-12-29-17/h4-5,14-15H,2-3,6-13H2,1H3,(H,22,24). The lowest BCUT2D eigenvalue weighted by Crippen LogP contribution is -2.55. The van der Waals surface area contributed by atoms with Gasteiger partial charge in [0, 0.05) is 25.1 Å². The molecular weight excluding hydrogens is 424 g/mol. The fourth-order valence-electron chi connectivity index (χ4n) is 4.58. The number of esters is 1. The molecule has 2 aliphatic heterocycles. The quantitative estimate of drug-likeness (QED) is 0.673. The lowest BCUT2D eigenvalue weighted by atomic mass is 9.92. The number of fused-ring (bicyclic) bond motifs is 1. The maximum absolute atomic E-state index is 13.1. The zero-order chi connectivity index (χ0) is 22.1. The lowest BCUT2D eigenvalue weighted by molar-refractivity contribution is -0.151. The normalized spacial score (nSPS) is 21.5. The summed E-state index contributed by atoms with van der Waals surface area (Å²) in [5.41, 5.74) is -0.944. The van der Waals surface area contributed by atoms with Crippen molar-refractivity contribution >= 4 is 21.9 Å². The van der Waals surface area contributed by atoms with Crippen molar-refractivity contribution in [1.82, 2.24) is 9.62 Å². The molecule has 1 N–H and O–H groups in total. The number of hydrogen-bond donors (Lipinski definition) is 1. The summed E-state index contributed by atoms with van der Waals surface area (Å²) in [7, 11) is -2.38. The van der Waals surface area contributed by atoms with Gasteiger partial charge in [-0.05, 0) is 37.8 Å². The topological polar surface area (TPSA) is 111 Å². The summed E-state index contributed by atoms with van der Waals surface area (Å²) in [4.78, 5) is 25.3. The van der Waals surface area contributed by atoms with E-state index in [-0.39, 0.29) is 29.8 Å². The van der Waals surface area contributed by atoms with Crippen molar-refractivity contribution in [2.24, 2.45) is 5.92 Å². The minimum Gasteiger partial charge on any atom is -0.486 e. The smallest absolute Gasteiger partial charge is 0.331 e. The van der Waals surface area contributed by atoms with Crippen molar-refractivity contribution in [1.29, 1.82) is 0 Å². The molecule has 1 saturated carbocycles. The van der Waals surface area contributed by atoms with Crippen LogP contribution in [0.4, 0.5) is 0 Å². The minimum atomic E-state index is -3.70. The molecule has 10 heteroatoms. The number of amides is 1. The number of sulfonamides is 1. The van der Waals surface area contributed by atoms with Crippen LogP contribution in [0.25, 0.3) is 0 Å². The Bertz CT molecular complexity index is 948. The van der Waals surface area contributed by atoms with E-state index in [2.05, 4.69) is 5.32 Å². The molecule has 0 spiro atoms. The van der Waals surface area contributed by atoms with Crippen LogP contribution in [0.5, 0.6) is 11.5 Å². The zero-order valence-electron chi connectivity index (χ0n) is 17.6. The SMILES string of the molecule is COC(=O)C1(NC(=O)C2CCN(S(=O)(=O)c3ccc4c(c3)OCCO4)CC2)CCCC1. The predicted molar refractivity (Wildman–Crippen MR) is 110 cm³/mol. The van der Waals surface area contributed by atoms with E-state index in [1.54, 1.807) is 6.07 Å². The van der Waals surface area contributed by atoms with Crippen LogP contribution in [0.2, 0.25) is 0 Å². The summed E-state index contributed by atoms with van der Waals surface area (Å²) in [6.45, 7) is 1.29. The second kappa shape index (κ2) is 8.66. The van der Waals surface area contributed by atoms with Gasteiger partial charge in [-0.25, -0.2) is 13.2 Å². The average Bonchev–Trinajstić information content (AvgIpc) is 3.27. The molecule has 9 nitrogen and oxygen atoms in total. The Balaban J connectivity index is 1.40.